The molecule has 6 nitrogen and oxygen atoms in total. The first-order valence-corrected chi connectivity index (χ1v) is 10.7. The van der Waals surface area contributed by atoms with Gasteiger partial charge in [-0.15, -0.1) is 6.58 Å². The second-order valence-electron chi connectivity index (χ2n) is 6.86. The van der Waals surface area contributed by atoms with Crippen molar-refractivity contribution in [2.75, 3.05) is 20.3 Å². The molecule has 2 N–H and O–H groups in total. The molecule has 162 valence electrons. The molecule has 7 heteroatoms. The maximum atomic E-state index is 11.1. The Morgan fingerprint density at radius 3 is 2.43 bits per heavy atom. The van der Waals surface area contributed by atoms with Gasteiger partial charge in [-0.3, -0.25) is 0 Å². The molecule has 1 aliphatic rings. The van der Waals surface area contributed by atoms with Crippen molar-refractivity contribution in [3.8, 4) is 5.75 Å². The maximum Gasteiger partial charge on any atom is 0.137 e. The van der Waals surface area contributed by atoms with Crippen molar-refractivity contribution in [1.82, 2.24) is 0 Å². The van der Waals surface area contributed by atoms with Gasteiger partial charge in [0.25, 0.3) is 0 Å². The molecule has 1 fully saturated rings. The number of methoxy groups -OCH3 is 1. The smallest absolute Gasteiger partial charge is 0.137 e. The number of hydrogen-bond donors (Lipinski definition) is 2. The van der Waals surface area contributed by atoms with Crippen molar-refractivity contribution in [2.45, 2.75) is 41.4 Å². The summed E-state index contributed by atoms with van der Waals surface area (Å²) in [5.41, 5.74) is 0.421. The van der Waals surface area contributed by atoms with Gasteiger partial charge in [0.05, 0.1) is 26.9 Å². The molecule has 2 aromatic rings. The number of thioether (sulfide) groups is 1. The monoisotopic (exact) mass is 432 g/mol. The minimum atomic E-state index is -0.977. The largest absolute Gasteiger partial charge is 0.497 e. The lowest BCUT2D eigenvalue weighted by molar-refractivity contribution is -0.232. The molecule has 1 saturated heterocycles. The van der Waals surface area contributed by atoms with Crippen LogP contribution < -0.4 is 4.74 Å². The van der Waals surface area contributed by atoms with Crippen LogP contribution in [0.5, 0.6) is 5.75 Å². The lowest BCUT2D eigenvalue weighted by Gasteiger charge is -2.43. The highest BCUT2D eigenvalue weighted by molar-refractivity contribution is 7.99. The van der Waals surface area contributed by atoms with Gasteiger partial charge in [0.1, 0.15) is 35.6 Å². The van der Waals surface area contributed by atoms with E-state index in [1.807, 2.05) is 54.6 Å². The molecule has 2 aromatic carbocycles. The molecule has 0 unspecified atom stereocenters. The zero-order valence-electron chi connectivity index (χ0n) is 16.9. The summed E-state index contributed by atoms with van der Waals surface area (Å²) in [6, 6.07) is 17.2. The average Bonchev–Trinajstić information content (AvgIpc) is 2.79. The molecule has 3 rings (SSSR count). The van der Waals surface area contributed by atoms with E-state index in [1.54, 1.807) is 13.2 Å². The van der Waals surface area contributed by atoms with Gasteiger partial charge in [-0.25, -0.2) is 0 Å². The molecule has 0 radical (unpaired) electrons. The molecule has 1 heterocycles. The molecule has 0 amide bonds. The first kappa shape index (κ1) is 22.8. The number of hydrogen-bond acceptors (Lipinski definition) is 7. The highest BCUT2D eigenvalue weighted by Crippen LogP contribution is 2.36. The predicted octanol–water partition coefficient (Wildman–Crippen LogP) is 3.02. The Balaban J connectivity index is 1.72. The zero-order valence-corrected chi connectivity index (χ0v) is 17.7. The summed E-state index contributed by atoms with van der Waals surface area (Å²) >= 11 is 1.44. The maximum absolute atomic E-state index is 11.1. The summed E-state index contributed by atoms with van der Waals surface area (Å²) in [6.07, 6.45) is -1.41. The Kier molecular flexibility index (Phi) is 8.74. The van der Waals surface area contributed by atoms with Crippen LogP contribution in [0.1, 0.15) is 5.56 Å². The number of ether oxygens (including phenoxy) is 4. The third-order valence-electron chi connectivity index (χ3n) is 4.80. The highest BCUT2D eigenvalue weighted by atomic mass is 32.2. The predicted molar refractivity (Wildman–Crippen MR) is 116 cm³/mol. The van der Waals surface area contributed by atoms with Crippen LogP contribution in [0.3, 0.4) is 0 Å². The molecule has 0 aliphatic carbocycles. The molecular weight excluding hydrogens is 404 g/mol. The van der Waals surface area contributed by atoms with E-state index in [-0.39, 0.29) is 19.8 Å². The Hall–Kier alpha value is -1.87. The summed E-state index contributed by atoms with van der Waals surface area (Å²) in [5, 5.41) is 20.9. The molecule has 1 aliphatic heterocycles. The topological polar surface area (TPSA) is 77.4 Å². The second kappa shape index (κ2) is 11.5. The number of benzene rings is 2. The molecule has 0 aromatic heterocycles. The highest BCUT2D eigenvalue weighted by Gasteiger charge is 2.46. The standard InChI is InChI=1S/C23H28O6S/c1-3-13-27-22-20(25)21(28-15-16-9-11-17(26-2)12-10-16)19(14-24)29-23(22)30-18-7-5-4-6-8-18/h3-12,19-25H,1,13-15H2,2H3/t19-,20+,21-,22-,23+/m1/s1. The fraction of sp³-hybridized carbons (Fsp3) is 0.391. The molecule has 0 saturated carbocycles. The van der Waals surface area contributed by atoms with E-state index in [1.165, 1.54) is 11.8 Å². The third-order valence-corrected chi connectivity index (χ3v) is 5.96. The summed E-state index contributed by atoms with van der Waals surface area (Å²) < 4.78 is 23.1. The fourth-order valence-electron chi connectivity index (χ4n) is 3.25. The molecule has 0 bridgehead atoms. The van der Waals surface area contributed by atoms with Crippen LogP contribution in [0.2, 0.25) is 0 Å². The fourth-order valence-corrected chi connectivity index (χ4v) is 4.40. The van der Waals surface area contributed by atoms with E-state index in [4.69, 9.17) is 18.9 Å². The van der Waals surface area contributed by atoms with Crippen LogP contribution in [-0.4, -0.2) is 60.4 Å². The van der Waals surface area contributed by atoms with Crippen molar-refractivity contribution < 1.29 is 29.2 Å². The summed E-state index contributed by atoms with van der Waals surface area (Å²) in [6.45, 7) is 3.94. The lowest BCUT2D eigenvalue weighted by Crippen LogP contribution is -2.59. The van der Waals surface area contributed by atoms with Crippen LogP contribution in [0, 0.1) is 0 Å². The number of aliphatic hydroxyl groups excluding tert-OH is 2. The minimum Gasteiger partial charge on any atom is -0.497 e. The Morgan fingerprint density at radius 2 is 1.80 bits per heavy atom. The Labute approximate surface area is 181 Å². The first-order valence-electron chi connectivity index (χ1n) is 9.79. The minimum absolute atomic E-state index is 0.260. The van der Waals surface area contributed by atoms with E-state index < -0.39 is 29.9 Å². The Bertz CT molecular complexity index is 769. The first-order chi connectivity index (χ1) is 14.7. The molecular formula is C23H28O6S. The molecule has 0 spiro atoms. The normalized spacial score (nSPS) is 26.3. The van der Waals surface area contributed by atoms with E-state index in [0.717, 1.165) is 16.2 Å². The summed E-state index contributed by atoms with van der Waals surface area (Å²) in [5.74, 6) is 0.756. The van der Waals surface area contributed by atoms with Crippen molar-refractivity contribution >= 4 is 11.8 Å². The van der Waals surface area contributed by atoms with Gasteiger partial charge in [-0.2, -0.15) is 0 Å². The van der Waals surface area contributed by atoms with Gasteiger partial charge in [0.15, 0.2) is 0 Å². The van der Waals surface area contributed by atoms with Crippen LogP contribution in [0.4, 0.5) is 0 Å². The van der Waals surface area contributed by atoms with Crippen molar-refractivity contribution in [2.24, 2.45) is 0 Å². The summed E-state index contributed by atoms with van der Waals surface area (Å²) in [4.78, 5) is 0.983. The SMILES string of the molecule is C=CCO[C@@H]1[C@@H](O)[C@H](OCc2ccc(OC)cc2)[C@@H](CO)O[C@H]1Sc1ccccc1. The average molecular weight is 433 g/mol. The van der Waals surface area contributed by atoms with Crippen LogP contribution in [0.25, 0.3) is 0 Å². The van der Waals surface area contributed by atoms with Crippen LogP contribution in [-0.2, 0) is 20.8 Å². The van der Waals surface area contributed by atoms with Crippen LogP contribution >= 0.6 is 11.8 Å². The van der Waals surface area contributed by atoms with Crippen molar-refractivity contribution in [3.05, 3.63) is 72.8 Å². The third kappa shape index (κ3) is 5.85. The number of aliphatic hydroxyl groups is 2. The van der Waals surface area contributed by atoms with Gasteiger partial charge in [-0.1, -0.05) is 48.2 Å². The van der Waals surface area contributed by atoms with Crippen molar-refractivity contribution in [1.29, 1.82) is 0 Å². The van der Waals surface area contributed by atoms with E-state index in [9.17, 15) is 10.2 Å². The zero-order chi connectivity index (χ0) is 21.3. The Morgan fingerprint density at radius 1 is 1.07 bits per heavy atom. The lowest BCUT2D eigenvalue weighted by atomic mass is 9.99. The van der Waals surface area contributed by atoms with Gasteiger partial charge >= 0.3 is 0 Å². The quantitative estimate of drug-likeness (QED) is 0.559. The van der Waals surface area contributed by atoms with Gasteiger partial charge in [0, 0.05) is 4.90 Å². The molecule has 5 atom stereocenters. The van der Waals surface area contributed by atoms with E-state index >= 15 is 0 Å². The summed E-state index contributed by atoms with van der Waals surface area (Å²) in [7, 11) is 1.61. The number of rotatable bonds is 10. The van der Waals surface area contributed by atoms with Crippen LogP contribution in [0.15, 0.2) is 72.1 Å². The van der Waals surface area contributed by atoms with Gasteiger partial charge < -0.3 is 29.2 Å². The van der Waals surface area contributed by atoms with Crippen molar-refractivity contribution in [3.63, 3.8) is 0 Å². The van der Waals surface area contributed by atoms with Gasteiger partial charge in [0.2, 0.25) is 0 Å². The van der Waals surface area contributed by atoms with Gasteiger partial charge in [-0.05, 0) is 29.8 Å². The molecule has 30 heavy (non-hydrogen) atoms. The van der Waals surface area contributed by atoms with E-state index in [0.29, 0.717) is 0 Å². The van der Waals surface area contributed by atoms with E-state index in [2.05, 4.69) is 6.58 Å². The second-order valence-corrected chi connectivity index (χ2v) is 8.03.